The summed E-state index contributed by atoms with van der Waals surface area (Å²) in [5.41, 5.74) is 11.3. The van der Waals surface area contributed by atoms with E-state index in [1.165, 1.54) is 0 Å². The van der Waals surface area contributed by atoms with Crippen LogP contribution < -0.4 is 11.5 Å². The molecular weight excluding hydrogens is 182 g/mol. The molecule has 5 heteroatoms. The molecule has 0 spiro atoms. The van der Waals surface area contributed by atoms with E-state index in [1.807, 2.05) is 0 Å². The number of hydrogen-bond acceptors (Lipinski definition) is 4. The summed E-state index contributed by atoms with van der Waals surface area (Å²) in [7, 11) is 0. The number of nitrogens with two attached hydrogens (primary N) is 2. The summed E-state index contributed by atoms with van der Waals surface area (Å²) < 4.78 is 0. The lowest BCUT2D eigenvalue weighted by molar-refractivity contribution is -0.138. The van der Waals surface area contributed by atoms with Crippen LogP contribution in [-0.2, 0) is 4.79 Å². The molecule has 14 heavy (non-hydrogen) atoms. The highest BCUT2D eigenvalue weighted by atomic mass is 16.4. The van der Waals surface area contributed by atoms with Crippen LogP contribution in [0.2, 0.25) is 0 Å². The third kappa shape index (κ3) is 3.61. The average molecular weight is 201 g/mol. The molecule has 0 aromatic carbocycles. The van der Waals surface area contributed by atoms with Crippen molar-refractivity contribution in [1.82, 2.24) is 4.90 Å². The van der Waals surface area contributed by atoms with E-state index in [2.05, 4.69) is 4.90 Å². The molecule has 0 bridgehead atoms. The first-order valence-electron chi connectivity index (χ1n) is 5.01. The van der Waals surface area contributed by atoms with Crippen molar-refractivity contribution in [3.63, 3.8) is 0 Å². The van der Waals surface area contributed by atoms with Gasteiger partial charge in [0.1, 0.15) is 0 Å². The van der Waals surface area contributed by atoms with Crippen LogP contribution in [0.25, 0.3) is 0 Å². The maximum absolute atomic E-state index is 10.6. The largest absolute Gasteiger partial charge is 0.481 e. The van der Waals surface area contributed by atoms with E-state index in [-0.39, 0.29) is 18.4 Å². The zero-order chi connectivity index (χ0) is 10.6. The Morgan fingerprint density at radius 1 is 1.50 bits per heavy atom. The number of hydrogen-bond donors (Lipinski definition) is 3. The molecule has 2 unspecified atom stereocenters. The van der Waals surface area contributed by atoms with Crippen molar-refractivity contribution in [2.45, 2.75) is 18.9 Å². The molecular formula is C9H19N3O2. The van der Waals surface area contributed by atoms with Gasteiger partial charge in [0.05, 0.1) is 0 Å². The monoisotopic (exact) mass is 201 g/mol. The minimum absolute atomic E-state index is 0.0969. The van der Waals surface area contributed by atoms with Crippen molar-refractivity contribution in [3.8, 4) is 0 Å². The Morgan fingerprint density at radius 3 is 2.79 bits per heavy atom. The van der Waals surface area contributed by atoms with Gasteiger partial charge >= 0.3 is 5.97 Å². The van der Waals surface area contributed by atoms with Gasteiger partial charge in [0, 0.05) is 38.6 Å². The lowest BCUT2D eigenvalue weighted by Gasteiger charge is -2.35. The molecule has 1 heterocycles. The predicted molar refractivity (Wildman–Crippen MR) is 53.8 cm³/mol. The van der Waals surface area contributed by atoms with Gasteiger partial charge in [-0.25, -0.2) is 0 Å². The fraction of sp³-hybridized carbons (Fsp3) is 0.889. The molecule has 5 nitrogen and oxygen atoms in total. The van der Waals surface area contributed by atoms with Crippen molar-refractivity contribution >= 4 is 5.97 Å². The first-order valence-corrected chi connectivity index (χ1v) is 5.01. The Balaban J connectivity index is 2.41. The highest BCUT2D eigenvalue weighted by Gasteiger charge is 2.25. The van der Waals surface area contributed by atoms with Gasteiger partial charge in [-0.3, -0.25) is 4.79 Å². The van der Waals surface area contributed by atoms with Crippen LogP contribution in [0.1, 0.15) is 12.8 Å². The second-order valence-electron chi connectivity index (χ2n) is 4.01. The molecule has 0 aromatic heterocycles. The van der Waals surface area contributed by atoms with Crippen LogP contribution in [0.5, 0.6) is 0 Å². The molecule has 1 fully saturated rings. The summed E-state index contributed by atoms with van der Waals surface area (Å²) in [5.74, 6) is -0.556. The van der Waals surface area contributed by atoms with E-state index in [9.17, 15) is 4.79 Å². The molecule has 1 saturated heterocycles. The molecule has 1 aliphatic rings. The van der Waals surface area contributed by atoms with Gasteiger partial charge < -0.3 is 21.5 Å². The summed E-state index contributed by atoms with van der Waals surface area (Å²) >= 11 is 0. The van der Waals surface area contributed by atoms with Crippen LogP contribution in [0.4, 0.5) is 0 Å². The molecule has 1 rings (SSSR count). The fourth-order valence-electron chi connectivity index (χ4n) is 2.11. The summed E-state index contributed by atoms with van der Waals surface area (Å²) in [5, 5.41) is 8.68. The first kappa shape index (κ1) is 11.4. The smallest absolute Gasteiger partial charge is 0.303 e. The zero-order valence-electron chi connectivity index (χ0n) is 8.35. The topological polar surface area (TPSA) is 92.6 Å². The minimum atomic E-state index is -0.739. The number of carboxylic acid groups (broad SMARTS) is 1. The van der Waals surface area contributed by atoms with Crippen molar-refractivity contribution in [3.05, 3.63) is 0 Å². The molecule has 82 valence electrons. The van der Waals surface area contributed by atoms with Crippen LogP contribution in [0.15, 0.2) is 0 Å². The number of carbonyl (C=O) groups is 1. The Kier molecular flexibility index (Phi) is 4.31. The number of piperidine rings is 1. The van der Waals surface area contributed by atoms with Crippen LogP contribution in [-0.4, -0.2) is 48.2 Å². The standard InChI is InChI=1S/C9H19N3O2/c10-1-2-12-5-7(4-9(13)14)3-8(11)6-12/h7-8H,1-6,10-11H2,(H,13,14). The number of rotatable bonds is 4. The van der Waals surface area contributed by atoms with E-state index in [4.69, 9.17) is 16.6 Å². The molecule has 1 aliphatic heterocycles. The lowest BCUT2D eigenvalue weighted by Crippen LogP contribution is -2.48. The van der Waals surface area contributed by atoms with Crippen molar-refractivity contribution < 1.29 is 9.90 Å². The Bertz CT molecular complexity index is 198. The molecule has 0 aromatic rings. The normalized spacial score (nSPS) is 29.0. The SMILES string of the molecule is NCCN1CC(N)CC(CC(=O)O)C1. The third-order valence-electron chi connectivity index (χ3n) is 2.55. The van der Waals surface area contributed by atoms with Gasteiger partial charge in [0.15, 0.2) is 0 Å². The predicted octanol–water partition coefficient (Wildman–Crippen LogP) is -0.931. The van der Waals surface area contributed by atoms with Gasteiger partial charge in [0.2, 0.25) is 0 Å². The second kappa shape index (κ2) is 5.29. The Labute approximate surface area is 84.0 Å². The van der Waals surface area contributed by atoms with Gasteiger partial charge in [0.25, 0.3) is 0 Å². The van der Waals surface area contributed by atoms with E-state index in [0.29, 0.717) is 6.54 Å². The van der Waals surface area contributed by atoms with Crippen LogP contribution in [0, 0.1) is 5.92 Å². The number of likely N-dealkylation sites (tertiary alicyclic amines) is 1. The molecule has 0 aliphatic carbocycles. The molecule has 2 atom stereocenters. The van der Waals surface area contributed by atoms with E-state index in [0.717, 1.165) is 26.1 Å². The number of carboxylic acids is 1. The highest BCUT2D eigenvalue weighted by molar-refractivity contribution is 5.67. The number of aliphatic carboxylic acids is 1. The van der Waals surface area contributed by atoms with Crippen molar-refractivity contribution in [2.24, 2.45) is 17.4 Å². The zero-order valence-corrected chi connectivity index (χ0v) is 8.35. The minimum Gasteiger partial charge on any atom is -0.481 e. The van der Waals surface area contributed by atoms with Gasteiger partial charge in [-0.05, 0) is 12.3 Å². The van der Waals surface area contributed by atoms with E-state index in [1.54, 1.807) is 0 Å². The Hall–Kier alpha value is -0.650. The van der Waals surface area contributed by atoms with Gasteiger partial charge in [-0.1, -0.05) is 0 Å². The van der Waals surface area contributed by atoms with Gasteiger partial charge in [-0.15, -0.1) is 0 Å². The van der Waals surface area contributed by atoms with Crippen LogP contribution in [0.3, 0.4) is 0 Å². The molecule has 5 N–H and O–H groups in total. The quantitative estimate of drug-likeness (QED) is 0.546. The third-order valence-corrected chi connectivity index (χ3v) is 2.55. The summed E-state index contributed by atoms with van der Waals surface area (Å²) in [6.45, 7) is 3.07. The molecule has 0 amide bonds. The summed E-state index contributed by atoms with van der Waals surface area (Å²) in [6, 6.07) is 0.0969. The van der Waals surface area contributed by atoms with Crippen molar-refractivity contribution in [1.29, 1.82) is 0 Å². The van der Waals surface area contributed by atoms with Crippen molar-refractivity contribution in [2.75, 3.05) is 26.2 Å². The number of nitrogens with zero attached hydrogens (tertiary/aromatic N) is 1. The van der Waals surface area contributed by atoms with E-state index < -0.39 is 5.97 Å². The fourth-order valence-corrected chi connectivity index (χ4v) is 2.11. The Morgan fingerprint density at radius 2 is 2.21 bits per heavy atom. The molecule has 0 saturated carbocycles. The lowest BCUT2D eigenvalue weighted by atomic mass is 9.92. The first-order chi connectivity index (χ1) is 6.61. The van der Waals surface area contributed by atoms with Gasteiger partial charge in [-0.2, -0.15) is 0 Å². The second-order valence-corrected chi connectivity index (χ2v) is 4.01. The summed E-state index contributed by atoms with van der Waals surface area (Å²) in [4.78, 5) is 12.7. The summed E-state index contributed by atoms with van der Waals surface area (Å²) in [6.07, 6.45) is 1.03. The molecule has 0 radical (unpaired) electrons. The highest BCUT2D eigenvalue weighted by Crippen LogP contribution is 2.18. The average Bonchev–Trinajstić information content (AvgIpc) is 2.01. The maximum atomic E-state index is 10.6. The maximum Gasteiger partial charge on any atom is 0.303 e. The van der Waals surface area contributed by atoms with E-state index >= 15 is 0 Å². The van der Waals surface area contributed by atoms with Crippen LogP contribution >= 0.6 is 0 Å².